The number of ether oxygens (including phenoxy) is 2. The molecule has 4 rings (SSSR count). The van der Waals surface area contributed by atoms with Gasteiger partial charge in [0.1, 0.15) is 5.69 Å². The normalized spacial score (nSPS) is 15.1. The number of hydrogen-bond acceptors (Lipinski definition) is 4. The highest BCUT2D eigenvalue weighted by Gasteiger charge is 2.30. The van der Waals surface area contributed by atoms with E-state index >= 15 is 0 Å². The average Bonchev–Trinajstić information content (AvgIpc) is 3.30. The molecule has 35 heavy (non-hydrogen) atoms. The quantitative estimate of drug-likeness (QED) is 0.457. The van der Waals surface area contributed by atoms with Crippen molar-refractivity contribution in [1.82, 2.24) is 15.2 Å². The maximum atomic E-state index is 13.0. The molecule has 0 spiro atoms. The van der Waals surface area contributed by atoms with E-state index in [1.807, 2.05) is 55.1 Å². The van der Waals surface area contributed by atoms with Crippen LogP contribution in [0, 0.1) is 11.8 Å². The number of nitrogens with zero attached hydrogens (tertiary/aromatic N) is 1. The number of piperidine rings is 1. The van der Waals surface area contributed by atoms with Crippen LogP contribution in [0.15, 0.2) is 42.5 Å². The maximum absolute atomic E-state index is 13.0. The van der Waals surface area contributed by atoms with Crippen LogP contribution in [0.3, 0.4) is 0 Å². The van der Waals surface area contributed by atoms with Gasteiger partial charge in [-0.25, -0.2) is 0 Å². The Morgan fingerprint density at radius 3 is 2.63 bits per heavy atom. The summed E-state index contributed by atoms with van der Waals surface area (Å²) in [6.45, 7) is 6.14. The SMILES string of the molecule is CCOc1ccc(CNC(=O)[C@H](C)C2CCN(C(=O)c3cc4cc(Cl)ccc4[nH]3)CC2)cc1OC. The third-order valence-corrected chi connectivity index (χ3v) is 6.99. The first-order valence-corrected chi connectivity index (χ1v) is 12.4. The molecule has 1 aromatic heterocycles. The Labute approximate surface area is 210 Å². The molecule has 0 bridgehead atoms. The van der Waals surface area contributed by atoms with Crippen LogP contribution in [0.5, 0.6) is 11.5 Å². The Morgan fingerprint density at radius 1 is 1.14 bits per heavy atom. The summed E-state index contributed by atoms with van der Waals surface area (Å²) in [5.41, 5.74) is 2.41. The predicted octanol–water partition coefficient (Wildman–Crippen LogP) is 5.03. The molecule has 186 valence electrons. The zero-order valence-electron chi connectivity index (χ0n) is 20.4. The van der Waals surface area contributed by atoms with Gasteiger partial charge in [-0.15, -0.1) is 0 Å². The molecule has 1 aliphatic heterocycles. The number of aromatic nitrogens is 1. The third-order valence-electron chi connectivity index (χ3n) is 6.76. The van der Waals surface area contributed by atoms with Crippen LogP contribution >= 0.6 is 11.6 Å². The van der Waals surface area contributed by atoms with Crippen molar-refractivity contribution in [3.05, 3.63) is 58.7 Å². The van der Waals surface area contributed by atoms with Gasteiger partial charge in [-0.05, 0) is 67.6 Å². The van der Waals surface area contributed by atoms with Crippen LogP contribution in [0.4, 0.5) is 0 Å². The number of benzene rings is 2. The van der Waals surface area contributed by atoms with Crippen LogP contribution in [0.25, 0.3) is 10.9 Å². The number of halogens is 1. The van der Waals surface area contributed by atoms with Crippen LogP contribution in [0.1, 0.15) is 42.7 Å². The molecule has 1 aliphatic rings. The smallest absolute Gasteiger partial charge is 0.270 e. The molecule has 8 heteroatoms. The minimum Gasteiger partial charge on any atom is -0.493 e. The second-order valence-corrected chi connectivity index (χ2v) is 9.41. The molecule has 0 radical (unpaired) electrons. The second kappa shape index (κ2) is 11.0. The van der Waals surface area contributed by atoms with Gasteiger partial charge in [0.25, 0.3) is 5.91 Å². The second-order valence-electron chi connectivity index (χ2n) is 8.97. The van der Waals surface area contributed by atoms with Crippen molar-refractivity contribution >= 4 is 34.3 Å². The van der Waals surface area contributed by atoms with E-state index < -0.39 is 0 Å². The Kier molecular flexibility index (Phi) is 7.86. The Morgan fingerprint density at radius 2 is 1.91 bits per heavy atom. The standard InChI is InChI=1S/C27H32ClN3O4/c1-4-35-24-8-5-18(13-25(24)34-3)16-29-26(32)17(2)19-9-11-31(12-10-19)27(33)23-15-20-14-21(28)6-7-22(20)30-23/h5-8,13-15,17,19,30H,4,9-12,16H2,1-3H3,(H,29,32)/t17-/m1/s1. The van der Waals surface area contributed by atoms with Crippen molar-refractivity contribution in [2.45, 2.75) is 33.2 Å². The van der Waals surface area contributed by atoms with Gasteiger partial charge in [0.15, 0.2) is 11.5 Å². The van der Waals surface area contributed by atoms with E-state index in [0.29, 0.717) is 48.5 Å². The van der Waals surface area contributed by atoms with Crippen LogP contribution in [-0.2, 0) is 11.3 Å². The van der Waals surface area contributed by atoms with E-state index in [-0.39, 0.29) is 23.7 Å². The van der Waals surface area contributed by atoms with Crippen molar-refractivity contribution in [2.75, 3.05) is 26.8 Å². The summed E-state index contributed by atoms with van der Waals surface area (Å²) in [5.74, 6) is 1.45. The highest BCUT2D eigenvalue weighted by atomic mass is 35.5. The third kappa shape index (κ3) is 5.73. The van der Waals surface area contributed by atoms with E-state index in [2.05, 4.69) is 10.3 Å². The van der Waals surface area contributed by atoms with Gasteiger partial charge in [-0.1, -0.05) is 24.6 Å². The molecule has 7 nitrogen and oxygen atoms in total. The summed E-state index contributed by atoms with van der Waals surface area (Å²) in [7, 11) is 1.60. The molecule has 2 N–H and O–H groups in total. The van der Waals surface area contributed by atoms with Crippen LogP contribution < -0.4 is 14.8 Å². The van der Waals surface area contributed by atoms with Crippen LogP contribution in [0.2, 0.25) is 5.02 Å². The summed E-state index contributed by atoms with van der Waals surface area (Å²) in [4.78, 5) is 30.9. The number of aromatic amines is 1. The van der Waals surface area contributed by atoms with E-state index in [1.165, 1.54) is 0 Å². The molecule has 3 aromatic rings. The van der Waals surface area contributed by atoms with Crippen LogP contribution in [-0.4, -0.2) is 48.5 Å². The van der Waals surface area contributed by atoms with E-state index in [9.17, 15) is 9.59 Å². The van der Waals surface area contributed by atoms with Crippen molar-refractivity contribution in [3.63, 3.8) is 0 Å². The molecule has 2 amide bonds. The molecule has 0 aliphatic carbocycles. The first-order chi connectivity index (χ1) is 16.9. The highest BCUT2D eigenvalue weighted by molar-refractivity contribution is 6.31. The molecule has 1 fully saturated rings. The maximum Gasteiger partial charge on any atom is 0.270 e. The zero-order chi connectivity index (χ0) is 24.9. The van der Waals surface area contributed by atoms with Gasteiger partial charge in [-0.2, -0.15) is 0 Å². The number of fused-ring (bicyclic) bond motifs is 1. The molecule has 0 unspecified atom stereocenters. The summed E-state index contributed by atoms with van der Waals surface area (Å²) >= 11 is 6.06. The summed E-state index contributed by atoms with van der Waals surface area (Å²) in [6.07, 6.45) is 1.59. The average molecular weight is 498 g/mol. The molecule has 2 heterocycles. The van der Waals surface area contributed by atoms with E-state index in [4.69, 9.17) is 21.1 Å². The zero-order valence-corrected chi connectivity index (χ0v) is 21.2. The fourth-order valence-electron chi connectivity index (χ4n) is 4.65. The number of nitrogens with one attached hydrogen (secondary N) is 2. The lowest BCUT2D eigenvalue weighted by Gasteiger charge is -2.34. The number of likely N-dealkylation sites (tertiary alicyclic amines) is 1. The number of hydrogen-bond donors (Lipinski definition) is 2. The lowest BCUT2D eigenvalue weighted by atomic mass is 9.84. The van der Waals surface area contributed by atoms with Crippen molar-refractivity contribution in [1.29, 1.82) is 0 Å². The van der Waals surface area contributed by atoms with Gasteiger partial charge >= 0.3 is 0 Å². The summed E-state index contributed by atoms with van der Waals surface area (Å²) in [6, 6.07) is 13.1. The number of H-pyrrole nitrogens is 1. The Bertz CT molecular complexity index is 1200. The Hall–Kier alpha value is -3.19. The topological polar surface area (TPSA) is 83.7 Å². The monoisotopic (exact) mass is 497 g/mol. The van der Waals surface area contributed by atoms with Gasteiger partial charge in [0, 0.05) is 41.5 Å². The largest absolute Gasteiger partial charge is 0.493 e. The minimum absolute atomic E-state index is 0.0164. The molecule has 1 saturated heterocycles. The molecular weight excluding hydrogens is 466 g/mol. The lowest BCUT2D eigenvalue weighted by Crippen LogP contribution is -2.42. The predicted molar refractivity (Wildman–Crippen MR) is 137 cm³/mol. The Balaban J connectivity index is 1.29. The molecular formula is C27H32ClN3O4. The van der Waals surface area contributed by atoms with Gasteiger partial charge in [0.2, 0.25) is 5.91 Å². The fourth-order valence-corrected chi connectivity index (χ4v) is 4.83. The van der Waals surface area contributed by atoms with Crippen molar-refractivity contribution in [3.8, 4) is 11.5 Å². The van der Waals surface area contributed by atoms with Crippen molar-refractivity contribution in [2.24, 2.45) is 11.8 Å². The van der Waals surface area contributed by atoms with Gasteiger partial charge in [-0.3, -0.25) is 9.59 Å². The molecule has 0 saturated carbocycles. The summed E-state index contributed by atoms with van der Waals surface area (Å²) in [5, 5.41) is 4.61. The number of amides is 2. The van der Waals surface area contributed by atoms with E-state index in [0.717, 1.165) is 29.3 Å². The number of rotatable bonds is 8. The number of carbonyl (C=O) groups is 2. The molecule has 1 atom stereocenters. The number of carbonyl (C=O) groups excluding carboxylic acids is 2. The minimum atomic E-state index is -0.132. The van der Waals surface area contributed by atoms with Gasteiger partial charge in [0.05, 0.1) is 13.7 Å². The van der Waals surface area contributed by atoms with Crippen molar-refractivity contribution < 1.29 is 19.1 Å². The first-order valence-electron chi connectivity index (χ1n) is 12.0. The highest BCUT2D eigenvalue weighted by Crippen LogP contribution is 2.29. The number of methoxy groups -OCH3 is 1. The molecule has 2 aromatic carbocycles. The van der Waals surface area contributed by atoms with E-state index in [1.54, 1.807) is 13.2 Å². The summed E-state index contributed by atoms with van der Waals surface area (Å²) < 4.78 is 10.9. The first kappa shape index (κ1) is 24.9. The fraction of sp³-hybridized carbons (Fsp3) is 0.407. The lowest BCUT2D eigenvalue weighted by molar-refractivity contribution is -0.126. The van der Waals surface area contributed by atoms with Gasteiger partial charge < -0.3 is 24.7 Å².